The Morgan fingerprint density at radius 3 is 2.33 bits per heavy atom. The lowest BCUT2D eigenvalue weighted by Gasteiger charge is -2.15. The molecule has 0 unspecified atom stereocenters. The highest BCUT2D eigenvalue weighted by molar-refractivity contribution is 5.38. The van der Waals surface area contributed by atoms with Crippen molar-refractivity contribution in [1.82, 2.24) is 0 Å². The van der Waals surface area contributed by atoms with Gasteiger partial charge >= 0.3 is 6.18 Å². The predicted molar refractivity (Wildman–Crippen MR) is 51.3 cm³/mol. The van der Waals surface area contributed by atoms with Gasteiger partial charge in [0.15, 0.2) is 0 Å². The van der Waals surface area contributed by atoms with Crippen molar-refractivity contribution in [3.8, 4) is 0 Å². The summed E-state index contributed by atoms with van der Waals surface area (Å²) in [5, 5.41) is 0. The number of nitrogens with two attached hydrogens (primary N) is 1. The van der Waals surface area contributed by atoms with E-state index in [0.29, 0.717) is 5.56 Å². The molecule has 1 saturated carbocycles. The lowest BCUT2D eigenvalue weighted by atomic mass is 9.99. The molecule has 1 nitrogen and oxygen atoms in total. The largest absolute Gasteiger partial charge is 0.416 e. The molecule has 0 heterocycles. The van der Waals surface area contributed by atoms with E-state index >= 15 is 0 Å². The molecule has 1 aliphatic rings. The highest BCUT2D eigenvalue weighted by atomic mass is 19.4. The van der Waals surface area contributed by atoms with Crippen molar-refractivity contribution < 1.29 is 13.2 Å². The maximum absolute atomic E-state index is 12.6. The predicted octanol–water partition coefficient (Wildman–Crippen LogP) is 2.96. The molecule has 1 aromatic carbocycles. The van der Waals surface area contributed by atoms with Crippen LogP contribution in [0.15, 0.2) is 18.2 Å². The molecule has 0 spiro atoms. The van der Waals surface area contributed by atoms with Crippen LogP contribution in [-0.2, 0) is 11.7 Å². The number of benzene rings is 1. The summed E-state index contributed by atoms with van der Waals surface area (Å²) in [6.07, 6.45) is -2.74. The Balaban J connectivity index is 2.46. The summed E-state index contributed by atoms with van der Waals surface area (Å²) in [6, 6.07) is 4.37. The van der Waals surface area contributed by atoms with Crippen LogP contribution >= 0.6 is 0 Å². The first-order valence-electron chi connectivity index (χ1n) is 4.80. The van der Waals surface area contributed by atoms with Gasteiger partial charge in [-0.2, -0.15) is 13.2 Å². The summed E-state index contributed by atoms with van der Waals surface area (Å²) in [7, 11) is 0. The first-order chi connectivity index (χ1) is 6.83. The fourth-order valence-corrected chi connectivity index (χ4v) is 1.66. The summed E-state index contributed by atoms with van der Waals surface area (Å²) < 4.78 is 37.8. The lowest BCUT2D eigenvalue weighted by Crippen LogP contribution is -2.20. The molecule has 0 aromatic heterocycles. The zero-order chi connectivity index (χ0) is 11.3. The Kier molecular flexibility index (Phi) is 2.08. The van der Waals surface area contributed by atoms with Crippen LogP contribution in [0.5, 0.6) is 0 Å². The van der Waals surface area contributed by atoms with Gasteiger partial charge in [-0.05, 0) is 37.0 Å². The molecule has 15 heavy (non-hydrogen) atoms. The number of hydrogen-bond acceptors (Lipinski definition) is 1. The molecule has 2 rings (SSSR count). The normalized spacial score (nSPS) is 19.0. The molecule has 4 heteroatoms. The summed E-state index contributed by atoms with van der Waals surface area (Å²) in [4.78, 5) is 0. The van der Waals surface area contributed by atoms with Crippen molar-refractivity contribution in [3.05, 3.63) is 34.9 Å². The Morgan fingerprint density at radius 1 is 1.27 bits per heavy atom. The Morgan fingerprint density at radius 2 is 1.87 bits per heavy atom. The first-order valence-corrected chi connectivity index (χ1v) is 4.80. The third-order valence-corrected chi connectivity index (χ3v) is 2.91. The smallest absolute Gasteiger partial charge is 0.321 e. The van der Waals surface area contributed by atoms with Crippen molar-refractivity contribution in [2.75, 3.05) is 0 Å². The number of alkyl halides is 3. The second kappa shape index (κ2) is 2.98. The molecule has 1 aliphatic carbocycles. The van der Waals surface area contributed by atoms with Gasteiger partial charge in [-0.3, -0.25) is 0 Å². The minimum atomic E-state index is -4.29. The van der Waals surface area contributed by atoms with E-state index < -0.39 is 17.3 Å². The van der Waals surface area contributed by atoms with Crippen LogP contribution in [-0.4, -0.2) is 0 Å². The number of aryl methyl sites for hydroxylation is 1. The minimum absolute atomic E-state index is 0.246. The van der Waals surface area contributed by atoms with Crippen LogP contribution < -0.4 is 5.73 Å². The third-order valence-electron chi connectivity index (χ3n) is 2.91. The Hall–Kier alpha value is -1.03. The maximum atomic E-state index is 12.6. The summed E-state index contributed by atoms with van der Waals surface area (Å²) in [5.74, 6) is 0. The molecular weight excluding hydrogens is 203 g/mol. The molecule has 0 atom stereocenters. The number of hydrogen-bond donors (Lipinski definition) is 1. The fourth-order valence-electron chi connectivity index (χ4n) is 1.66. The standard InChI is InChI=1S/C11H12F3N/c1-7-2-3-8(10(15)4-5-10)6-9(7)11(12,13)14/h2-3,6H,4-5,15H2,1H3. The van der Waals surface area contributed by atoms with Gasteiger partial charge in [-0.1, -0.05) is 12.1 Å². The molecular formula is C11H12F3N. The molecule has 0 bridgehead atoms. The second-order valence-electron chi connectivity index (χ2n) is 4.18. The molecule has 2 N–H and O–H groups in total. The summed E-state index contributed by atoms with van der Waals surface area (Å²) in [5.41, 5.74) is 5.63. The maximum Gasteiger partial charge on any atom is 0.416 e. The van der Waals surface area contributed by atoms with Crippen molar-refractivity contribution in [2.45, 2.75) is 31.5 Å². The third kappa shape index (κ3) is 1.86. The average Bonchev–Trinajstić information content (AvgIpc) is 2.83. The van der Waals surface area contributed by atoms with E-state index in [-0.39, 0.29) is 5.56 Å². The first kappa shape index (κ1) is 10.5. The molecule has 82 valence electrons. The van der Waals surface area contributed by atoms with E-state index in [0.717, 1.165) is 12.8 Å². The van der Waals surface area contributed by atoms with Crippen molar-refractivity contribution >= 4 is 0 Å². The van der Waals surface area contributed by atoms with E-state index in [1.54, 1.807) is 6.07 Å². The van der Waals surface area contributed by atoms with Crippen LogP contribution in [0.4, 0.5) is 13.2 Å². The Bertz CT molecular complexity index is 391. The molecule has 0 aliphatic heterocycles. The van der Waals surface area contributed by atoms with Crippen LogP contribution in [0, 0.1) is 6.92 Å². The summed E-state index contributed by atoms with van der Waals surface area (Å²) in [6.45, 7) is 1.46. The molecule has 1 fully saturated rings. The van der Waals surface area contributed by atoms with E-state index in [1.807, 2.05) is 0 Å². The van der Waals surface area contributed by atoms with Crippen LogP contribution in [0.25, 0.3) is 0 Å². The molecule has 0 amide bonds. The van der Waals surface area contributed by atoms with Gasteiger partial charge in [0.25, 0.3) is 0 Å². The monoisotopic (exact) mass is 215 g/mol. The van der Waals surface area contributed by atoms with Gasteiger partial charge in [0, 0.05) is 5.54 Å². The SMILES string of the molecule is Cc1ccc(C2(N)CC2)cc1C(F)(F)F. The molecule has 0 saturated heterocycles. The van der Waals surface area contributed by atoms with Gasteiger partial charge < -0.3 is 5.73 Å². The van der Waals surface area contributed by atoms with E-state index in [9.17, 15) is 13.2 Å². The van der Waals surface area contributed by atoms with Crippen LogP contribution in [0.3, 0.4) is 0 Å². The zero-order valence-corrected chi connectivity index (χ0v) is 8.36. The fraction of sp³-hybridized carbons (Fsp3) is 0.455. The van der Waals surface area contributed by atoms with E-state index in [1.165, 1.54) is 19.1 Å². The van der Waals surface area contributed by atoms with Gasteiger partial charge in [-0.25, -0.2) is 0 Å². The van der Waals surface area contributed by atoms with Gasteiger partial charge in [0.05, 0.1) is 5.56 Å². The van der Waals surface area contributed by atoms with E-state index in [2.05, 4.69) is 0 Å². The molecule has 0 radical (unpaired) electrons. The van der Waals surface area contributed by atoms with Crippen LogP contribution in [0.2, 0.25) is 0 Å². The lowest BCUT2D eigenvalue weighted by molar-refractivity contribution is -0.138. The van der Waals surface area contributed by atoms with Crippen molar-refractivity contribution in [2.24, 2.45) is 5.73 Å². The van der Waals surface area contributed by atoms with Gasteiger partial charge in [-0.15, -0.1) is 0 Å². The topological polar surface area (TPSA) is 26.0 Å². The second-order valence-corrected chi connectivity index (χ2v) is 4.18. The van der Waals surface area contributed by atoms with E-state index in [4.69, 9.17) is 5.73 Å². The Labute approximate surface area is 86.1 Å². The minimum Gasteiger partial charge on any atom is -0.321 e. The average molecular weight is 215 g/mol. The quantitative estimate of drug-likeness (QED) is 0.765. The van der Waals surface area contributed by atoms with Crippen molar-refractivity contribution in [3.63, 3.8) is 0 Å². The zero-order valence-electron chi connectivity index (χ0n) is 8.36. The number of halogens is 3. The van der Waals surface area contributed by atoms with Gasteiger partial charge in [0.1, 0.15) is 0 Å². The van der Waals surface area contributed by atoms with Gasteiger partial charge in [0.2, 0.25) is 0 Å². The highest BCUT2D eigenvalue weighted by Crippen LogP contribution is 2.44. The van der Waals surface area contributed by atoms with Crippen molar-refractivity contribution in [1.29, 1.82) is 0 Å². The molecule has 1 aromatic rings. The number of rotatable bonds is 1. The summed E-state index contributed by atoms with van der Waals surface area (Å²) >= 11 is 0. The van der Waals surface area contributed by atoms with Crippen LogP contribution in [0.1, 0.15) is 29.5 Å². The highest BCUT2D eigenvalue weighted by Gasteiger charge is 2.42.